The van der Waals surface area contributed by atoms with E-state index in [1.54, 1.807) is 30.1 Å². The van der Waals surface area contributed by atoms with Crippen LogP contribution in [0.15, 0.2) is 35.0 Å². The Balaban J connectivity index is 1.29. The highest BCUT2D eigenvalue weighted by atomic mass is 16.5. The second kappa shape index (κ2) is 12.9. The minimum atomic E-state index is -0.490. The van der Waals surface area contributed by atoms with Crippen LogP contribution in [-0.4, -0.2) is 80.7 Å². The minimum Gasteiger partial charge on any atom is -0.473 e. The normalized spacial score (nSPS) is 22.2. The molecule has 4 atom stereocenters. The fourth-order valence-electron chi connectivity index (χ4n) is 8.19. The fraction of sp³-hybridized carbons (Fsp3) is 0.500. The molecule has 3 aromatic heterocycles. The summed E-state index contributed by atoms with van der Waals surface area (Å²) < 4.78 is 20.2. The molecule has 1 aliphatic heterocycles. The lowest BCUT2D eigenvalue weighted by molar-refractivity contribution is -0.120. The van der Waals surface area contributed by atoms with E-state index in [0.717, 1.165) is 67.5 Å². The van der Waals surface area contributed by atoms with Crippen LogP contribution in [0.25, 0.3) is 17.3 Å². The Bertz CT molecular complexity index is 1930. The van der Waals surface area contributed by atoms with E-state index in [2.05, 4.69) is 33.6 Å². The molecule has 3 N–H and O–H groups in total. The number of methoxy groups -OCH3 is 1. The second-order valence-electron chi connectivity index (χ2n) is 13.8. The van der Waals surface area contributed by atoms with E-state index in [9.17, 15) is 10.1 Å². The molecule has 1 fully saturated rings. The SMILES string of the molecule is COC1CCN(C)C1C(C)Oc1cc(-n2ccc(CC(=O)NC(C)C)n2)nc(-c2noc3c2CCCC32CCc3ccc(N)c(C#N)c32)n1. The van der Waals surface area contributed by atoms with Crippen LogP contribution in [0.3, 0.4) is 0 Å². The van der Waals surface area contributed by atoms with Crippen molar-refractivity contribution in [1.82, 2.24) is 35.1 Å². The molecule has 4 heterocycles. The summed E-state index contributed by atoms with van der Waals surface area (Å²) in [4.78, 5) is 24.6. The van der Waals surface area contributed by atoms with E-state index in [0.29, 0.717) is 40.2 Å². The van der Waals surface area contributed by atoms with Gasteiger partial charge in [0, 0.05) is 43.2 Å². The van der Waals surface area contributed by atoms with E-state index in [-0.39, 0.29) is 36.6 Å². The third kappa shape index (κ3) is 5.82. The number of likely N-dealkylation sites (tertiary alicyclic amines) is 1. The lowest BCUT2D eigenvalue weighted by Gasteiger charge is -2.33. The molecule has 1 amide bonds. The van der Waals surface area contributed by atoms with Gasteiger partial charge in [0.1, 0.15) is 12.2 Å². The van der Waals surface area contributed by atoms with Crippen molar-refractivity contribution in [3.63, 3.8) is 0 Å². The van der Waals surface area contributed by atoms with Gasteiger partial charge in [-0.15, -0.1) is 0 Å². The number of aromatic nitrogens is 5. The van der Waals surface area contributed by atoms with Crippen LogP contribution < -0.4 is 15.8 Å². The number of nitrogens with two attached hydrogens (primary N) is 1. The number of nitrogens with zero attached hydrogens (tertiary/aromatic N) is 7. The number of nitrogen functional groups attached to an aromatic ring is 1. The highest BCUT2D eigenvalue weighted by Gasteiger charge is 2.49. The lowest BCUT2D eigenvalue weighted by Crippen LogP contribution is -2.44. The first-order chi connectivity index (χ1) is 23.6. The van der Waals surface area contributed by atoms with Crippen molar-refractivity contribution in [3.8, 4) is 29.3 Å². The van der Waals surface area contributed by atoms with Crippen LogP contribution in [-0.2, 0) is 34.2 Å². The third-order valence-corrected chi connectivity index (χ3v) is 10.3. The number of ether oxygens (including phenoxy) is 2. The molecule has 7 rings (SSSR count). The molecule has 13 heteroatoms. The topological polar surface area (TPSA) is 170 Å². The van der Waals surface area contributed by atoms with Gasteiger partial charge < -0.3 is 25.0 Å². The summed E-state index contributed by atoms with van der Waals surface area (Å²) in [6.45, 7) is 6.78. The Labute approximate surface area is 285 Å². The summed E-state index contributed by atoms with van der Waals surface area (Å²) in [6.07, 6.45) is 6.71. The maximum atomic E-state index is 12.5. The largest absolute Gasteiger partial charge is 0.473 e. The number of amides is 1. The van der Waals surface area contributed by atoms with E-state index in [1.807, 2.05) is 32.9 Å². The van der Waals surface area contributed by atoms with Crippen molar-refractivity contribution in [1.29, 1.82) is 5.26 Å². The van der Waals surface area contributed by atoms with Gasteiger partial charge in [0.25, 0.3) is 0 Å². The smallest absolute Gasteiger partial charge is 0.226 e. The van der Waals surface area contributed by atoms with E-state index < -0.39 is 5.41 Å². The molecule has 4 unspecified atom stereocenters. The minimum absolute atomic E-state index is 0.0337. The number of carbonyl (C=O) groups is 1. The monoisotopic (exact) mass is 665 g/mol. The average Bonchev–Trinajstić information content (AvgIpc) is 3.87. The molecule has 2 aliphatic carbocycles. The number of benzene rings is 1. The number of fused-ring (bicyclic) bond motifs is 4. The number of hydrogen-bond donors (Lipinski definition) is 2. The maximum Gasteiger partial charge on any atom is 0.226 e. The van der Waals surface area contributed by atoms with Gasteiger partial charge in [0.15, 0.2) is 23.1 Å². The van der Waals surface area contributed by atoms with Crippen molar-refractivity contribution in [2.75, 3.05) is 26.4 Å². The predicted octanol–water partition coefficient (Wildman–Crippen LogP) is 3.89. The summed E-state index contributed by atoms with van der Waals surface area (Å²) in [6, 6.07) is 9.85. The van der Waals surface area contributed by atoms with Crippen LogP contribution in [0.2, 0.25) is 0 Å². The van der Waals surface area contributed by atoms with Gasteiger partial charge in [0.2, 0.25) is 11.8 Å². The summed E-state index contributed by atoms with van der Waals surface area (Å²) in [5, 5.41) is 22.3. The molecule has 256 valence electrons. The highest BCUT2D eigenvalue weighted by Crippen LogP contribution is 2.54. The molecular formula is C36H43N9O4. The van der Waals surface area contributed by atoms with Crippen LogP contribution in [0, 0.1) is 11.3 Å². The van der Waals surface area contributed by atoms with Gasteiger partial charge in [-0.1, -0.05) is 11.2 Å². The average molecular weight is 666 g/mol. The number of nitrogens with one attached hydrogen (secondary N) is 1. The number of rotatable bonds is 9. The molecule has 3 aliphatic rings. The van der Waals surface area contributed by atoms with Crippen LogP contribution in [0.4, 0.5) is 5.69 Å². The third-order valence-electron chi connectivity index (χ3n) is 10.3. The van der Waals surface area contributed by atoms with Crippen molar-refractivity contribution >= 4 is 11.6 Å². The molecule has 49 heavy (non-hydrogen) atoms. The first-order valence-corrected chi connectivity index (χ1v) is 17.1. The number of anilines is 1. The van der Waals surface area contributed by atoms with Gasteiger partial charge in [-0.25, -0.2) is 9.67 Å². The summed E-state index contributed by atoms with van der Waals surface area (Å²) in [5.41, 5.74) is 11.0. The lowest BCUT2D eigenvalue weighted by atomic mass is 9.68. The number of likely N-dealkylation sites (N-methyl/N-ethyl adjacent to an activating group) is 1. The number of hydrogen-bond acceptors (Lipinski definition) is 11. The van der Waals surface area contributed by atoms with Gasteiger partial charge in [-0.2, -0.15) is 15.3 Å². The maximum absolute atomic E-state index is 12.5. The van der Waals surface area contributed by atoms with Crippen LogP contribution in [0.5, 0.6) is 5.88 Å². The zero-order valence-corrected chi connectivity index (χ0v) is 28.7. The molecule has 0 bridgehead atoms. The standard InChI is InChI=1S/C36H43N9O4/c1-20(2)39-29(46)17-23-11-16-45(42-23)28-18-30(48-21(3)33-27(47-5)12-15-44(33)4)41-35(40-28)32-24-7-6-13-36(34(24)49-43-32)14-10-22-8-9-26(38)25(19-37)31(22)36/h8-9,11,16,18,20-21,27,33H,6-7,10,12-15,17,38H2,1-5H3,(H,39,46). The first-order valence-electron chi connectivity index (χ1n) is 17.1. The molecule has 1 spiro atoms. The van der Waals surface area contributed by atoms with Crippen molar-refractivity contribution in [3.05, 3.63) is 64.2 Å². The van der Waals surface area contributed by atoms with E-state index in [1.165, 1.54) is 0 Å². The molecule has 4 aromatic rings. The fourth-order valence-corrected chi connectivity index (χ4v) is 8.19. The van der Waals surface area contributed by atoms with Crippen LogP contribution >= 0.6 is 0 Å². The Morgan fingerprint density at radius 1 is 1.22 bits per heavy atom. The predicted molar refractivity (Wildman–Crippen MR) is 181 cm³/mol. The number of nitriles is 1. The Kier molecular flexibility index (Phi) is 8.62. The van der Waals surface area contributed by atoms with E-state index >= 15 is 0 Å². The number of aryl methyl sites for hydroxylation is 1. The number of carbonyl (C=O) groups excluding carboxylic acids is 1. The van der Waals surface area contributed by atoms with Crippen molar-refractivity contribution in [2.24, 2.45) is 0 Å². The quantitative estimate of drug-likeness (QED) is 0.249. The zero-order chi connectivity index (χ0) is 34.4. The summed E-state index contributed by atoms with van der Waals surface area (Å²) in [5.74, 6) is 1.84. The molecular weight excluding hydrogens is 622 g/mol. The molecule has 1 saturated heterocycles. The van der Waals surface area contributed by atoms with Gasteiger partial charge >= 0.3 is 0 Å². The summed E-state index contributed by atoms with van der Waals surface area (Å²) in [7, 11) is 3.81. The van der Waals surface area contributed by atoms with Crippen molar-refractivity contribution in [2.45, 2.75) is 95.4 Å². The Morgan fingerprint density at radius 2 is 2.06 bits per heavy atom. The molecule has 0 radical (unpaired) electrons. The highest BCUT2D eigenvalue weighted by molar-refractivity contribution is 5.78. The van der Waals surface area contributed by atoms with Crippen molar-refractivity contribution < 1.29 is 18.8 Å². The van der Waals surface area contributed by atoms with Gasteiger partial charge in [-0.05, 0) is 89.6 Å². The van der Waals surface area contributed by atoms with E-state index in [4.69, 9.17) is 29.7 Å². The molecule has 0 saturated carbocycles. The first kappa shape index (κ1) is 32.7. The Morgan fingerprint density at radius 3 is 2.84 bits per heavy atom. The van der Waals surface area contributed by atoms with Gasteiger partial charge in [-0.3, -0.25) is 9.69 Å². The summed E-state index contributed by atoms with van der Waals surface area (Å²) >= 11 is 0. The van der Waals surface area contributed by atoms with Gasteiger partial charge in [0.05, 0.1) is 35.2 Å². The molecule has 1 aromatic carbocycles. The zero-order valence-electron chi connectivity index (χ0n) is 28.7. The second-order valence-corrected chi connectivity index (χ2v) is 13.8. The van der Waals surface area contributed by atoms with Crippen LogP contribution in [0.1, 0.15) is 80.2 Å². The molecule has 13 nitrogen and oxygen atoms in total. The Hall–Kier alpha value is -4.80.